The molecule has 1 aliphatic rings. The van der Waals surface area contributed by atoms with Gasteiger partial charge in [-0.2, -0.15) is 5.10 Å². The molecule has 0 aromatic carbocycles. The number of hydrogen-bond acceptors (Lipinski definition) is 3. The Hall–Kier alpha value is -0.880. The Morgan fingerprint density at radius 2 is 1.94 bits per heavy atom. The zero-order valence-electron chi connectivity index (χ0n) is 10.7. The first-order chi connectivity index (χ1) is 7.74. The molecule has 0 atom stereocenters. The van der Waals surface area contributed by atoms with Crippen molar-refractivity contribution in [2.45, 2.75) is 51.0 Å². The van der Waals surface area contributed by atoms with E-state index >= 15 is 0 Å². The summed E-state index contributed by atoms with van der Waals surface area (Å²) >= 11 is 0. The summed E-state index contributed by atoms with van der Waals surface area (Å²) in [6.45, 7) is 7.29. The van der Waals surface area contributed by atoms with Crippen molar-refractivity contribution in [3.8, 4) is 0 Å². The van der Waals surface area contributed by atoms with Crippen molar-refractivity contribution in [2.75, 3.05) is 0 Å². The van der Waals surface area contributed by atoms with E-state index in [0.29, 0.717) is 17.3 Å². The molecule has 17 heavy (non-hydrogen) atoms. The largest absolute Gasteiger partial charge is 0.281 e. The molecule has 1 aliphatic carbocycles. The third kappa shape index (κ3) is 2.37. The van der Waals surface area contributed by atoms with Crippen LogP contribution in [0.4, 0.5) is 0 Å². The summed E-state index contributed by atoms with van der Waals surface area (Å²) < 4.78 is 27.4. The Balaban J connectivity index is 2.31. The summed E-state index contributed by atoms with van der Waals surface area (Å²) in [5, 5.41) is 6.63. The Morgan fingerprint density at radius 1 is 1.35 bits per heavy atom. The van der Waals surface area contributed by atoms with Crippen molar-refractivity contribution >= 4 is 10.0 Å². The van der Waals surface area contributed by atoms with E-state index in [1.807, 2.05) is 13.8 Å². The van der Waals surface area contributed by atoms with Crippen LogP contribution in [0.25, 0.3) is 0 Å². The summed E-state index contributed by atoms with van der Waals surface area (Å²) in [6, 6.07) is 0. The van der Waals surface area contributed by atoms with Gasteiger partial charge in [-0.05, 0) is 46.5 Å². The first-order valence-corrected chi connectivity index (χ1v) is 7.28. The number of aromatic amines is 1. The highest BCUT2D eigenvalue weighted by atomic mass is 32.2. The highest BCUT2D eigenvalue weighted by molar-refractivity contribution is 7.89. The summed E-state index contributed by atoms with van der Waals surface area (Å²) in [6.07, 6.45) is 2.19. The van der Waals surface area contributed by atoms with E-state index in [-0.39, 0.29) is 10.4 Å². The molecule has 1 saturated carbocycles. The molecule has 6 heteroatoms. The maximum atomic E-state index is 12.3. The quantitative estimate of drug-likeness (QED) is 0.858. The summed E-state index contributed by atoms with van der Waals surface area (Å²) in [5.74, 6) is 0.449. The summed E-state index contributed by atoms with van der Waals surface area (Å²) in [4.78, 5) is 0.284. The lowest BCUT2D eigenvalue weighted by molar-refractivity contribution is 0.400. The molecule has 2 N–H and O–H groups in total. The molecule has 2 rings (SSSR count). The predicted octanol–water partition coefficient (Wildman–Crippen LogP) is 1.49. The molecule has 96 valence electrons. The van der Waals surface area contributed by atoms with Gasteiger partial charge in [-0.3, -0.25) is 5.10 Å². The standard InChI is InChI=1S/C11H19N3O2S/c1-7-10(8(2)13-12-7)17(15,16)14-11(3,4)9-5-6-9/h9,14H,5-6H2,1-4H3,(H,12,13). The van der Waals surface area contributed by atoms with Gasteiger partial charge in [0.2, 0.25) is 10.0 Å². The number of H-pyrrole nitrogens is 1. The van der Waals surface area contributed by atoms with Crippen molar-refractivity contribution in [1.82, 2.24) is 14.9 Å². The van der Waals surface area contributed by atoms with Crippen LogP contribution in [0, 0.1) is 19.8 Å². The third-order valence-electron chi connectivity index (χ3n) is 3.32. The van der Waals surface area contributed by atoms with Gasteiger partial charge in [-0.25, -0.2) is 13.1 Å². The van der Waals surface area contributed by atoms with Gasteiger partial charge in [-0.15, -0.1) is 0 Å². The van der Waals surface area contributed by atoms with Crippen molar-refractivity contribution in [3.63, 3.8) is 0 Å². The third-order valence-corrected chi connectivity index (χ3v) is 5.26. The van der Waals surface area contributed by atoms with E-state index in [4.69, 9.17) is 0 Å². The van der Waals surface area contributed by atoms with Crippen molar-refractivity contribution in [1.29, 1.82) is 0 Å². The number of nitrogens with one attached hydrogen (secondary N) is 2. The molecular formula is C11H19N3O2S. The zero-order valence-corrected chi connectivity index (χ0v) is 11.5. The number of aromatic nitrogens is 2. The Labute approximate surface area is 102 Å². The van der Waals surface area contributed by atoms with E-state index in [1.165, 1.54) is 0 Å². The lowest BCUT2D eigenvalue weighted by Gasteiger charge is -2.25. The number of aryl methyl sites for hydroxylation is 2. The van der Waals surface area contributed by atoms with Crippen molar-refractivity contribution in [2.24, 2.45) is 5.92 Å². The average Bonchev–Trinajstić information content (AvgIpc) is 2.92. The minimum atomic E-state index is -3.48. The molecule has 0 aliphatic heterocycles. The topological polar surface area (TPSA) is 74.8 Å². The molecule has 1 fully saturated rings. The van der Waals surface area contributed by atoms with Crippen LogP contribution in [0.3, 0.4) is 0 Å². The molecule has 1 heterocycles. The Kier molecular flexibility index (Phi) is 2.82. The normalized spacial score (nSPS) is 17.4. The molecule has 1 aromatic heterocycles. The monoisotopic (exact) mass is 257 g/mol. The van der Waals surface area contributed by atoms with Crippen LogP contribution in [0.15, 0.2) is 4.90 Å². The minimum absolute atomic E-state index is 0.284. The zero-order chi connectivity index (χ0) is 12.8. The van der Waals surface area contributed by atoms with Crippen LogP contribution in [0.5, 0.6) is 0 Å². The maximum Gasteiger partial charge on any atom is 0.244 e. The molecule has 5 nitrogen and oxygen atoms in total. The van der Waals surface area contributed by atoms with Gasteiger partial charge in [0.1, 0.15) is 4.90 Å². The van der Waals surface area contributed by atoms with Crippen LogP contribution in [-0.4, -0.2) is 24.2 Å². The fourth-order valence-corrected chi connectivity index (χ4v) is 4.07. The lowest BCUT2D eigenvalue weighted by atomic mass is 10.0. The van der Waals surface area contributed by atoms with Crippen LogP contribution >= 0.6 is 0 Å². The van der Waals surface area contributed by atoms with Crippen molar-refractivity contribution in [3.05, 3.63) is 11.4 Å². The Bertz CT molecular complexity index is 507. The molecule has 0 bridgehead atoms. The van der Waals surface area contributed by atoms with Gasteiger partial charge < -0.3 is 0 Å². The number of hydrogen-bond donors (Lipinski definition) is 2. The highest BCUT2D eigenvalue weighted by Gasteiger charge is 2.41. The van der Waals surface area contributed by atoms with Gasteiger partial charge >= 0.3 is 0 Å². The second-order valence-corrected chi connectivity index (χ2v) is 6.98. The highest BCUT2D eigenvalue weighted by Crippen LogP contribution is 2.40. The van der Waals surface area contributed by atoms with Crippen molar-refractivity contribution < 1.29 is 8.42 Å². The predicted molar refractivity (Wildman–Crippen MR) is 65.2 cm³/mol. The Morgan fingerprint density at radius 3 is 2.35 bits per heavy atom. The van der Waals surface area contributed by atoms with E-state index in [2.05, 4.69) is 14.9 Å². The smallest absolute Gasteiger partial charge is 0.244 e. The number of sulfonamides is 1. The minimum Gasteiger partial charge on any atom is -0.281 e. The second kappa shape index (κ2) is 3.81. The fourth-order valence-electron chi connectivity index (χ4n) is 2.22. The van der Waals surface area contributed by atoms with Gasteiger partial charge in [0.05, 0.1) is 11.4 Å². The molecule has 0 radical (unpaired) electrons. The van der Waals surface area contributed by atoms with Gasteiger partial charge in [0, 0.05) is 5.54 Å². The SMILES string of the molecule is Cc1n[nH]c(C)c1S(=O)(=O)NC(C)(C)C1CC1. The van der Waals surface area contributed by atoms with Crippen LogP contribution in [0.2, 0.25) is 0 Å². The van der Waals surface area contributed by atoms with Gasteiger partial charge in [0.25, 0.3) is 0 Å². The molecule has 0 amide bonds. The van der Waals surface area contributed by atoms with Crippen LogP contribution in [0.1, 0.15) is 38.1 Å². The molecule has 0 spiro atoms. The summed E-state index contributed by atoms with van der Waals surface area (Å²) in [5.41, 5.74) is 0.720. The van der Waals surface area contributed by atoms with Gasteiger partial charge in [-0.1, -0.05) is 0 Å². The lowest BCUT2D eigenvalue weighted by Crippen LogP contribution is -2.45. The average molecular weight is 257 g/mol. The van der Waals surface area contributed by atoms with E-state index in [1.54, 1.807) is 13.8 Å². The van der Waals surface area contributed by atoms with Gasteiger partial charge in [0.15, 0.2) is 0 Å². The fraction of sp³-hybridized carbons (Fsp3) is 0.727. The molecule has 0 saturated heterocycles. The first kappa shape index (κ1) is 12.6. The summed E-state index contributed by atoms with van der Waals surface area (Å²) in [7, 11) is -3.48. The number of rotatable bonds is 4. The van der Waals surface area contributed by atoms with E-state index in [9.17, 15) is 8.42 Å². The number of nitrogens with zero attached hydrogens (tertiary/aromatic N) is 1. The molecular weight excluding hydrogens is 238 g/mol. The maximum absolute atomic E-state index is 12.3. The first-order valence-electron chi connectivity index (χ1n) is 5.79. The molecule has 0 unspecified atom stereocenters. The van der Waals surface area contributed by atoms with Crippen LogP contribution < -0.4 is 4.72 Å². The van der Waals surface area contributed by atoms with Crippen LogP contribution in [-0.2, 0) is 10.0 Å². The van der Waals surface area contributed by atoms with E-state index in [0.717, 1.165) is 12.8 Å². The molecule has 1 aromatic rings. The second-order valence-electron chi connectivity index (χ2n) is 5.36. The van der Waals surface area contributed by atoms with E-state index < -0.39 is 10.0 Å².